The maximum absolute atomic E-state index is 12.3. The Balaban J connectivity index is 2.57. The molecule has 0 aliphatic heterocycles. The van der Waals surface area contributed by atoms with E-state index >= 15 is 0 Å². The summed E-state index contributed by atoms with van der Waals surface area (Å²) in [4.78, 5) is 16.4. The molecule has 0 aliphatic rings. The minimum atomic E-state index is -0.0306. The van der Waals surface area contributed by atoms with Gasteiger partial charge in [-0.1, -0.05) is 40.0 Å². The van der Waals surface area contributed by atoms with Gasteiger partial charge in [-0.3, -0.25) is 9.78 Å². The van der Waals surface area contributed by atoms with Crippen molar-refractivity contribution in [3.8, 4) is 0 Å². The Hall–Kier alpha value is -1.58. The minimum Gasteiger partial charge on any atom is -0.383 e. The van der Waals surface area contributed by atoms with Gasteiger partial charge in [-0.2, -0.15) is 0 Å². The highest BCUT2D eigenvalue weighted by Crippen LogP contribution is 2.23. The van der Waals surface area contributed by atoms with E-state index in [1.807, 2.05) is 6.92 Å². The van der Waals surface area contributed by atoms with Crippen molar-refractivity contribution >= 4 is 11.6 Å². The summed E-state index contributed by atoms with van der Waals surface area (Å²) in [6.45, 7) is 10.1. The van der Waals surface area contributed by atoms with Gasteiger partial charge >= 0.3 is 0 Å². The number of aromatic nitrogens is 1. The summed E-state index contributed by atoms with van der Waals surface area (Å²) in [6, 6.07) is 1.76. The number of nitrogens with zero attached hydrogens (tertiary/aromatic N) is 1. The summed E-state index contributed by atoms with van der Waals surface area (Å²) in [5.74, 6) is -0.0306. The Bertz CT molecular complexity index is 443. The van der Waals surface area contributed by atoms with Gasteiger partial charge in [0.15, 0.2) is 0 Å². The van der Waals surface area contributed by atoms with Gasteiger partial charge in [0.2, 0.25) is 0 Å². The first-order valence-corrected chi connectivity index (χ1v) is 7.96. The first-order valence-electron chi connectivity index (χ1n) is 7.96. The maximum Gasteiger partial charge on any atom is 0.253 e. The van der Waals surface area contributed by atoms with Crippen molar-refractivity contribution in [2.45, 2.75) is 53.4 Å². The van der Waals surface area contributed by atoms with Gasteiger partial charge in [0.25, 0.3) is 5.91 Å². The molecule has 4 nitrogen and oxygen atoms in total. The highest BCUT2D eigenvalue weighted by molar-refractivity contribution is 5.99. The quantitative estimate of drug-likeness (QED) is 0.679. The van der Waals surface area contributed by atoms with Crippen LogP contribution in [-0.2, 0) is 0 Å². The number of unbranched alkanes of at least 4 members (excludes halogenated alkanes) is 2. The topological polar surface area (TPSA) is 54.0 Å². The summed E-state index contributed by atoms with van der Waals surface area (Å²) in [5.41, 5.74) is 1.59. The van der Waals surface area contributed by atoms with Gasteiger partial charge in [-0.15, -0.1) is 0 Å². The summed E-state index contributed by atoms with van der Waals surface area (Å²) in [7, 11) is 0. The fourth-order valence-electron chi connectivity index (χ4n) is 2.28. The zero-order chi connectivity index (χ0) is 15.7. The fourth-order valence-corrected chi connectivity index (χ4v) is 2.28. The molecule has 2 N–H and O–H groups in total. The standard InChI is InChI=1S/C17H29N3O/c1-5-7-8-10-17(3,4)13-20-16(21)14-9-11-18-12-15(14)19-6-2/h9,11-12,19H,5-8,10,13H2,1-4H3,(H,20,21). The van der Waals surface area contributed by atoms with E-state index in [0.717, 1.165) is 18.7 Å². The van der Waals surface area contributed by atoms with E-state index in [0.29, 0.717) is 12.1 Å². The third-order valence-corrected chi connectivity index (χ3v) is 3.62. The lowest BCUT2D eigenvalue weighted by atomic mass is 9.87. The Morgan fingerprint density at radius 1 is 1.29 bits per heavy atom. The van der Waals surface area contributed by atoms with E-state index < -0.39 is 0 Å². The number of nitrogens with one attached hydrogen (secondary N) is 2. The molecule has 1 heterocycles. The third kappa shape index (κ3) is 6.15. The first kappa shape index (κ1) is 17.5. The number of rotatable bonds is 9. The number of carbonyl (C=O) groups is 1. The van der Waals surface area contributed by atoms with Crippen LogP contribution < -0.4 is 10.6 Å². The molecule has 0 aromatic carbocycles. The molecule has 0 unspecified atom stereocenters. The lowest BCUT2D eigenvalue weighted by Crippen LogP contribution is -2.34. The first-order chi connectivity index (χ1) is 10.00. The van der Waals surface area contributed by atoms with E-state index in [9.17, 15) is 4.79 Å². The zero-order valence-electron chi connectivity index (χ0n) is 13.8. The Morgan fingerprint density at radius 2 is 2.05 bits per heavy atom. The molecule has 0 saturated heterocycles. The maximum atomic E-state index is 12.3. The lowest BCUT2D eigenvalue weighted by Gasteiger charge is -2.25. The molecule has 4 heteroatoms. The second-order valence-electron chi connectivity index (χ2n) is 6.26. The van der Waals surface area contributed by atoms with Gasteiger partial charge < -0.3 is 10.6 Å². The Kier molecular flexibility index (Phi) is 7.20. The van der Waals surface area contributed by atoms with E-state index in [1.54, 1.807) is 18.5 Å². The number of amides is 1. The largest absolute Gasteiger partial charge is 0.383 e. The van der Waals surface area contributed by atoms with E-state index in [4.69, 9.17) is 0 Å². The zero-order valence-corrected chi connectivity index (χ0v) is 13.8. The summed E-state index contributed by atoms with van der Waals surface area (Å²) >= 11 is 0. The van der Waals surface area contributed by atoms with Crippen LogP contribution in [0.25, 0.3) is 0 Å². The van der Waals surface area contributed by atoms with E-state index in [2.05, 4.69) is 36.4 Å². The lowest BCUT2D eigenvalue weighted by molar-refractivity contribution is 0.0934. The van der Waals surface area contributed by atoms with Gasteiger partial charge in [0, 0.05) is 19.3 Å². The van der Waals surface area contributed by atoms with Crippen molar-refractivity contribution in [1.82, 2.24) is 10.3 Å². The van der Waals surface area contributed by atoms with Crippen LogP contribution >= 0.6 is 0 Å². The highest BCUT2D eigenvalue weighted by atomic mass is 16.1. The molecule has 0 saturated carbocycles. The normalized spacial score (nSPS) is 11.2. The molecule has 0 bridgehead atoms. The monoisotopic (exact) mass is 291 g/mol. The van der Waals surface area contributed by atoms with Crippen molar-refractivity contribution < 1.29 is 4.79 Å². The van der Waals surface area contributed by atoms with Crippen LogP contribution in [0.15, 0.2) is 18.5 Å². The molecule has 21 heavy (non-hydrogen) atoms. The van der Waals surface area contributed by atoms with Crippen molar-refractivity contribution in [3.63, 3.8) is 0 Å². The molecule has 1 amide bonds. The van der Waals surface area contributed by atoms with Gasteiger partial charge in [-0.25, -0.2) is 0 Å². The molecular formula is C17H29N3O. The molecule has 1 rings (SSSR count). The molecule has 0 radical (unpaired) electrons. The number of hydrogen-bond acceptors (Lipinski definition) is 3. The van der Waals surface area contributed by atoms with Crippen LogP contribution in [0.1, 0.15) is 63.7 Å². The summed E-state index contributed by atoms with van der Waals surface area (Å²) < 4.78 is 0. The van der Waals surface area contributed by atoms with E-state index in [-0.39, 0.29) is 11.3 Å². The van der Waals surface area contributed by atoms with Crippen LogP contribution in [0.5, 0.6) is 0 Å². The highest BCUT2D eigenvalue weighted by Gasteiger charge is 2.19. The molecule has 0 fully saturated rings. The van der Waals surface area contributed by atoms with Gasteiger partial charge in [-0.05, 0) is 24.8 Å². The van der Waals surface area contributed by atoms with Crippen molar-refractivity contribution in [3.05, 3.63) is 24.0 Å². The SMILES string of the molecule is CCCCCC(C)(C)CNC(=O)c1ccncc1NCC. The van der Waals surface area contributed by atoms with E-state index in [1.165, 1.54) is 19.3 Å². The van der Waals surface area contributed by atoms with Crippen LogP contribution in [0.4, 0.5) is 5.69 Å². The predicted molar refractivity (Wildman–Crippen MR) is 88.7 cm³/mol. The van der Waals surface area contributed by atoms with Crippen LogP contribution in [0.3, 0.4) is 0 Å². The predicted octanol–water partition coefficient (Wildman–Crippen LogP) is 3.85. The number of hydrogen-bond donors (Lipinski definition) is 2. The van der Waals surface area contributed by atoms with Crippen molar-refractivity contribution in [2.75, 3.05) is 18.4 Å². The average molecular weight is 291 g/mol. The van der Waals surface area contributed by atoms with Crippen LogP contribution in [0.2, 0.25) is 0 Å². The number of carbonyl (C=O) groups excluding carboxylic acids is 1. The van der Waals surface area contributed by atoms with Crippen molar-refractivity contribution in [2.24, 2.45) is 5.41 Å². The molecular weight excluding hydrogens is 262 g/mol. The van der Waals surface area contributed by atoms with Gasteiger partial charge in [0.05, 0.1) is 17.4 Å². The van der Waals surface area contributed by atoms with Crippen molar-refractivity contribution in [1.29, 1.82) is 0 Å². The number of pyridine rings is 1. The van der Waals surface area contributed by atoms with Crippen LogP contribution in [0, 0.1) is 5.41 Å². The number of anilines is 1. The molecule has 0 aliphatic carbocycles. The van der Waals surface area contributed by atoms with Crippen LogP contribution in [-0.4, -0.2) is 24.0 Å². The Morgan fingerprint density at radius 3 is 2.71 bits per heavy atom. The summed E-state index contributed by atoms with van der Waals surface area (Å²) in [5, 5.41) is 6.23. The van der Waals surface area contributed by atoms with Gasteiger partial charge in [0.1, 0.15) is 0 Å². The summed E-state index contributed by atoms with van der Waals surface area (Å²) in [6.07, 6.45) is 8.19. The molecule has 1 aromatic rings. The second kappa shape index (κ2) is 8.65. The smallest absolute Gasteiger partial charge is 0.253 e. The molecule has 0 atom stereocenters. The fraction of sp³-hybridized carbons (Fsp3) is 0.647. The molecule has 118 valence electrons. The molecule has 1 aromatic heterocycles. The third-order valence-electron chi connectivity index (χ3n) is 3.62. The Labute approximate surface area is 128 Å². The minimum absolute atomic E-state index is 0.0306. The molecule has 0 spiro atoms. The second-order valence-corrected chi connectivity index (χ2v) is 6.26. The average Bonchev–Trinajstić information content (AvgIpc) is 2.46.